The quantitative estimate of drug-likeness (QED) is 0.420. The summed E-state index contributed by atoms with van der Waals surface area (Å²) in [6.07, 6.45) is 0. The molecule has 1 aromatic heterocycles. The fraction of sp³-hybridized carbons (Fsp3) is 0.0435. The van der Waals surface area contributed by atoms with Gasteiger partial charge in [0.15, 0.2) is 0 Å². The molecule has 4 aromatic rings. The Balaban J connectivity index is 1.96. The predicted molar refractivity (Wildman–Crippen MR) is 125 cm³/mol. The van der Waals surface area contributed by atoms with Gasteiger partial charge in [-0.3, -0.25) is 4.79 Å². The number of primary amides is 1. The van der Waals surface area contributed by atoms with Gasteiger partial charge in [0.2, 0.25) is 19.9 Å². The summed E-state index contributed by atoms with van der Waals surface area (Å²) in [6.45, 7) is 0. The lowest BCUT2D eigenvalue weighted by atomic mass is 10.2. The van der Waals surface area contributed by atoms with Gasteiger partial charge >= 0.3 is 0 Å². The standard InChI is InChI=1S/C23H18N4O5S2/c1-26-34(31,32)20-9-8-16-11-22(23(25)28)27(21(16)13-20)17-5-3-7-19(12-17)33(29,30)18-6-2-4-15(10-18)14-24/h2-13,26H,1H3,(H2,25,28). The first-order valence-corrected chi connectivity index (χ1v) is 12.8. The van der Waals surface area contributed by atoms with Crippen LogP contribution in [0.5, 0.6) is 0 Å². The summed E-state index contributed by atoms with van der Waals surface area (Å²) in [4.78, 5) is 12.0. The molecule has 0 radical (unpaired) electrons. The van der Waals surface area contributed by atoms with E-state index in [1.807, 2.05) is 6.07 Å². The predicted octanol–water partition coefficient (Wildman–Crippen LogP) is 2.34. The Morgan fingerprint density at radius 2 is 1.59 bits per heavy atom. The number of carbonyl (C=O) groups excluding carboxylic acids is 1. The number of benzene rings is 3. The molecule has 0 saturated carbocycles. The van der Waals surface area contributed by atoms with E-state index in [1.54, 1.807) is 6.07 Å². The summed E-state index contributed by atoms with van der Waals surface area (Å²) in [5.41, 5.74) is 6.47. The van der Waals surface area contributed by atoms with Crippen molar-refractivity contribution in [1.29, 1.82) is 5.26 Å². The number of nitriles is 1. The average molecular weight is 495 g/mol. The SMILES string of the molecule is CNS(=O)(=O)c1ccc2cc(C(N)=O)n(-c3cccc(S(=O)(=O)c4cccc(C#N)c4)c3)c2c1. The van der Waals surface area contributed by atoms with E-state index in [4.69, 9.17) is 11.0 Å². The third-order valence-corrected chi connectivity index (χ3v) is 8.43. The Bertz CT molecular complexity index is 1720. The van der Waals surface area contributed by atoms with E-state index in [0.29, 0.717) is 16.6 Å². The highest BCUT2D eigenvalue weighted by atomic mass is 32.2. The normalized spacial score (nSPS) is 11.9. The van der Waals surface area contributed by atoms with E-state index in [2.05, 4.69) is 4.72 Å². The highest BCUT2D eigenvalue weighted by molar-refractivity contribution is 7.91. The summed E-state index contributed by atoms with van der Waals surface area (Å²) in [5.74, 6) is -0.774. The molecule has 1 amide bonds. The van der Waals surface area contributed by atoms with Gasteiger partial charge in [0.1, 0.15) is 5.69 Å². The molecular formula is C23H18N4O5S2. The summed E-state index contributed by atoms with van der Waals surface area (Å²) >= 11 is 0. The third-order valence-electron chi connectivity index (χ3n) is 5.27. The van der Waals surface area contributed by atoms with Crippen molar-refractivity contribution in [3.05, 3.63) is 84.1 Å². The van der Waals surface area contributed by atoms with E-state index in [0.717, 1.165) is 0 Å². The van der Waals surface area contributed by atoms with Crippen molar-refractivity contribution in [3.63, 3.8) is 0 Å². The Morgan fingerprint density at radius 1 is 0.912 bits per heavy atom. The zero-order valence-corrected chi connectivity index (χ0v) is 19.4. The minimum Gasteiger partial charge on any atom is -0.364 e. The maximum absolute atomic E-state index is 13.2. The molecule has 0 fully saturated rings. The molecule has 0 saturated heterocycles. The third kappa shape index (κ3) is 3.94. The second kappa shape index (κ2) is 8.42. The van der Waals surface area contributed by atoms with Crippen LogP contribution >= 0.6 is 0 Å². The van der Waals surface area contributed by atoms with Crippen LogP contribution in [0, 0.1) is 11.3 Å². The molecule has 0 aliphatic rings. The fourth-order valence-corrected chi connectivity index (χ4v) is 5.68. The molecule has 3 aromatic carbocycles. The minimum atomic E-state index is -3.99. The van der Waals surface area contributed by atoms with E-state index in [-0.39, 0.29) is 25.9 Å². The van der Waals surface area contributed by atoms with Gasteiger partial charge < -0.3 is 10.3 Å². The molecule has 34 heavy (non-hydrogen) atoms. The Kier molecular flexibility index (Phi) is 5.74. The lowest BCUT2D eigenvalue weighted by Gasteiger charge is -2.12. The van der Waals surface area contributed by atoms with Crippen molar-refractivity contribution < 1.29 is 21.6 Å². The summed E-state index contributed by atoms with van der Waals surface area (Å²) in [5, 5.41) is 9.65. The molecule has 9 nitrogen and oxygen atoms in total. The highest BCUT2D eigenvalue weighted by Gasteiger charge is 2.22. The van der Waals surface area contributed by atoms with E-state index in [1.165, 1.54) is 78.3 Å². The first-order chi connectivity index (χ1) is 16.1. The number of amides is 1. The number of carbonyl (C=O) groups is 1. The van der Waals surface area contributed by atoms with E-state index >= 15 is 0 Å². The molecule has 172 valence electrons. The number of nitrogens with one attached hydrogen (secondary N) is 1. The molecule has 1 heterocycles. The van der Waals surface area contributed by atoms with Gasteiger partial charge in [0.25, 0.3) is 5.91 Å². The number of nitrogens with zero attached hydrogens (tertiary/aromatic N) is 2. The number of nitrogens with two attached hydrogens (primary N) is 1. The molecule has 4 rings (SSSR count). The lowest BCUT2D eigenvalue weighted by Crippen LogP contribution is -2.18. The first kappa shape index (κ1) is 23.2. The second-order valence-corrected chi connectivity index (χ2v) is 11.1. The maximum Gasteiger partial charge on any atom is 0.265 e. The number of aromatic nitrogens is 1. The van der Waals surface area contributed by atoms with Crippen molar-refractivity contribution >= 4 is 36.7 Å². The highest BCUT2D eigenvalue weighted by Crippen LogP contribution is 2.29. The van der Waals surface area contributed by atoms with Crippen molar-refractivity contribution in [2.75, 3.05) is 7.05 Å². The summed E-state index contributed by atoms with van der Waals surface area (Å²) in [7, 11) is -6.49. The smallest absolute Gasteiger partial charge is 0.265 e. The maximum atomic E-state index is 13.2. The number of fused-ring (bicyclic) bond motifs is 1. The number of sulfone groups is 1. The van der Waals surface area contributed by atoms with Gasteiger partial charge in [0, 0.05) is 11.1 Å². The fourth-order valence-electron chi connectivity index (χ4n) is 3.58. The molecule has 11 heteroatoms. The molecular weight excluding hydrogens is 476 g/mol. The Labute approximate surface area is 196 Å². The second-order valence-electron chi connectivity index (χ2n) is 7.30. The van der Waals surface area contributed by atoms with Gasteiger partial charge in [-0.15, -0.1) is 0 Å². The van der Waals surface area contributed by atoms with E-state index in [9.17, 15) is 21.6 Å². The topological polar surface area (TPSA) is 152 Å². The van der Waals surface area contributed by atoms with Gasteiger partial charge in [-0.2, -0.15) is 5.26 Å². The molecule has 0 atom stereocenters. The molecule has 3 N–H and O–H groups in total. The minimum absolute atomic E-state index is 0.0324. The monoisotopic (exact) mass is 494 g/mol. The van der Waals surface area contributed by atoms with Crippen molar-refractivity contribution in [3.8, 4) is 11.8 Å². The van der Waals surface area contributed by atoms with Crippen LogP contribution in [0.3, 0.4) is 0 Å². The van der Waals surface area contributed by atoms with Gasteiger partial charge in [0.05, 0.1) is 31.8 Å². The van der Waals surface area contributed by atoms with Crippen LogP contribution in [0.15, 0.2) is 87.5 Å². The summed E-state index contributed by atoms with van der Waals surface area (Å²) in [6, 6.07) is 19.2. The zero-order chi connectivity index (χ0) is 24.7. The molecule has 0 bridgehead atoms. The summed E-state index contributed by atoms with van der Waals surface area (Å²) < 4.78 is 54.7. The number of hydrogen-bond donors (Lipinski definition) is 2. The van der Waals surface area contributed by atoms with Crippen LogP contribution in [-0.2, 0) is 19.9 Å². The largest absolute Gasteiger partial charge is 0.364 e. The van der Waals surface area contributed by atoms with Gasteiger partial charge in [-0.05, 0) is 61.6 Å². The number of sulfonamides is 1. The first-order valence-electron chi connectivity index (χ1n) is 9.83. The van der Waals surface area contributed by atoms with Crippen LogP contribution in [0.1, 0.15) is 16.1 Å². The van der Waals surface area contributed by atoms with Crippen LogP contribution in [0.2, 0.25) is 0 Å². The van der Waals surface area contributed by atoms with Crippen LogP contribution in [-0.4, -0.2) is 34.4 Å². The average Bonchev–Trinajstić information content (AvgIpc) is 3.23. The van der Waals surface area contributed by atoms with Crippen LogP contribution < -0.4 is 10.5 Å². The Hall–Kier alpha value is -3.98. The lowest BCUT2D eigenvalue weighted by molar-refractivity contribution is 0.0994. The van der Waals surface area contributed by atoms with E-state index < -0.39 is 25.8 Å². The van der Waals surface area contributed by atoms with Gasteiger partial charge in [-0.25, -0.2) is 21.6 Å². The van der Waals surface area contributed by atoms with Gasteiger partial charge in [-0.1, -0.05) is 18.2 Å². The van der Waals surface area contributed by atoms with Crippen molar-refractivity contribution in [2.45, 2.75) is 14.7 Å². The van der Waals surface area contributed by atoms with Crippen LogP contribution in [0.25, 0.3) is 16.6 Å². The zero-order valence-electron chi connectivity index (χ0n) is 17.8. The molecule has 0 aliphatic heterocycles. The Morgan fingerprint density at radius 3 is 2.24 bits per heavy atom. The molecule has 0 aliphatic carbocycles. The number of rotatable bonds is 6. The molecule has 0 spiro atoms. The van der Waals surface area contributed by atoms with Crippen molar-refractivity contribution in [1.82, 2.24) is 9.29 Å². The number of hydrogen-bond acceptors (Lipinski definition) is 6. The van der Waals surface area contributed by atoms with Crippen LogP contribution in [0.4, 0.5) is 0 Å². The van der Waals surface area contributed by atoms with Crippen molar-refractivity contribution in [2.24, 2.45) is 5.73 Å². The molecule has 0 unspecified atom stereocenters.